The van der Waals surface area contributed by atoms with Crippen molar-refractivity contribution in [2.75, 3.05) is 19.5 Å². The van der Waals surface area contributed by atoms with Crippen LogP contribution in [0.15, 0.2) is 30.7 Å². The second kappa shape index (κ2) is 6.50. The molecule has 4 heterocycles. The number of carbonyl (C=O) groups excluding carboxylic acids is 1. The number of anilines is 1. The van der Waals surface area contributed by atoms with Crippen LogP contribution in [0.25, 0.3) is 0 Å². The first-order chi connectivity index (χ1) is 12.2. The zero-order chi connectivity index (χ0) is 17.4. The van der Waals surface area contributed by atoms with Crippen molar-refractivity contribution in [3.63, 3.8) is 0 Å². The van der Waals surface area contributed by atoms with Crippen molar-refractivity contribution in [2.45, 2.75) is 37.6 Å². The first-order valence-electron chi connectivity index (χ1n) is 8.36. The summed E-state index contributed by atoms with van der Waals surface area (Å²) in [6.07, 6.45) is 7.76. The molecule has 2 bridgehead atoms. The first kappa shape index (κ1) is 16.1. The molecule has 0 radical (unpaired) electrons. The number of hydrogen-bond acceptors (Lipinski definition) is 6. The maximum Gasteiger partial charge on any atom is 0.418 e. The van der Waals surface area contributed by atoms with E-state index in [1.165, 1.54) is 16.7 Å². The lowest BCUT2D eigenvalue weighted by atomic mass is 9.72. The van der Waals surface area contributed by atoms with Gasteiger partial charge in [-0.3, -0.25) is 4.90 Å². The summed E-state index contributed by atoms with van der Waals surface area (Å²) in [4.78, 5) is 18.4. The molecule has 1 aliphatic carbocycles. The normalized spacial score (nSPS) is 23.6. The number of methoxy groups -OCH3 is 2. The Bertz CT molecular complexity index is 736. The van der Waals surface area contributed by atoms with E-state index in [1.54, 1.807) is 32.6 Å². The highest BCUT2D eigenvalue weighted by Crippen LogP contribution is 2.47. The molecule has 25 heavy (non-hydrogen) atoms. The number of nitrogens with one attached hydrogen (secondary N) is 1. The molecule has 1 aromatic rings. The molecular weight excluding hydrogens is 322 g/mol. The number of pyridine rings is 1. The van der Waals surface area contributed by atoms with Gasteiger partial charge >= 0.3 is 6.09 Å². The molecule has 1 saturated carbocycles. The molecule has 3 aliphatic heterocycles. The summed E-state index contributed by atoms with van der Waals surface area (Å²) in [5.74, 6) is 1.44. The second-order valence-corrected chi connectivity index (χ2v) is 6.47. The van der Waals surface area contributed by atoms with E-state index in [9.17, 15) is 4.79 Å². The van der Waals surface area contributed by atoms with Gasteiger partial charge in [0.25, 0.3) is 0 Å². The third kappa shape index (κ3) is 2.89. The highest BCUT2D eigenvalue weighted by atomic mass is 16.7. The number of hydrogen-bond donors (Lipinski definition) is 1. The Hall–Kier alpha value is -2.38. The lowest BCUT2D eigenvalue weighted by Gasteiger charge is -2.43. The van der Waals surface area contributed by atoms with Crippen LogP contribution >= 0.6 is 0 Å². The Morgan fingerprint density at radius 2 is 2.16 bits per heavy atom. The maximum atomic E-state index is 12.1. The van der Waals surface area contributed by atoms with E-state index in [-0.39, 0.29) is 0 Å². The van der Waals surface area contributed by atoms with Crippen LogP contribution in [0.2, 0.25) is 0 Å². The Balaban J connectivity index is 1.71. The lowest BCUT2D eigenvalue weighted by molar-refractivity contribution is -0.109. The molecular formula is C18H21N3O4. The van der Waals surface area contributed by atoms with Crippen LogP contribution in [0.5, 0.6) is 0 Å². The molecule has 0 unspecified atom stereocenters. The van der Waals surface area contributed by atoms with E-state index in [4.69, 9.17) is 19.2 Å². The summed E-state index contributed by atoms with van der Waals surface area (Å²) in [7, 11) is 3.15. The minimum Gasteiger partial charge on any atom is -0.418 e. The van der Waals surface area contributed by atoms with Crippen molar-refractivity contribution in [3.05, 3.63) is 47.5 Å². The minimum absolute atomic E-state index is 0.339. The Morgan fingerprint density at radius 1 is 1.36 bits per heavy atom. The summed E-state index contributed by atoms with van der Waals surface area (Å²) in [5.41, 5.74) is 2.77. The van der Waals surface area contributed by atoms with Gasteiger partial charge in [0.2, 0.25) is 6.29 Å². The topological polar surface area (TPSA) is 72.9 Å². The number of allylic oxidation sites excluding steroid dienone is 2. The van der Waals surface area contributed by atoms with Crippen LogP contribution in [-0.2, 0) is 20.8 Å². The largest absolute Gasteiger partial charge is 0.418 e. The average molecular weight is 343 g/mol. The number of aromatic nitrogens is 1. The van der Waals surface area contributed by atoms with Gasteiger partial charge in [-0.05, 0) is 48.1 Å². The van der Waals surface area contributed by atoms with E-state index in [0.29, 0.717) is 24.2 Å². The monoisotopic (exact) mass is 343 g/mol. The number of carbonyl (C=O) groups is 1. The van der Waals surface area contributed by atoms with Crippen molar-refractivity contribution in [1.29, 1.82) is 0 Å². The lowest BCUT2D eigenvalue weighted by Crippen LogP contribution is -2.40. The van der Waals surface area contributed by atoms with Gasteiger partial charge in [0.05, 0.1) is 12.8 Å². The Kier molecular flexibility index (Phi) is 4.19. The molecule has 1 aromatic heterocycles. The molecule has 0 saturated heterocycles. The fourth-order valence-corrected chi connectivity index (χ4v) is 3.57. The molecule has 0 atom stereocenters. The minimum atomic E-state index is -0.592. The van der Waals surface area contributed by atoms with E-state index in [2.05, 4.69) is 11.4 Å². The van der Waals surface area contributed by atoms with Gasteiger partial charge in [-0.25, -0.2) is 9.78 Å². The van der Waals surface area contributed by atoms with Gasteiger partial charge in [0.15, 0.2) is 0 Å². The van der Waals surface area contributed by atoms with Crippen LogP contribution in [0.1, 0.15) is 41.9 Å². The van der Waals surface area contributed by atoms with Crippen LogP contribution in [0.3, 0.4) is 0 Å². The summed E-state index contributed by atoms with van der Waals surface area (Å²) in [5, 5.41) is 3.47. The molecule has 1 N–H and O–H groups in total. The van der Waals surface area contributed by atoms with E-state index >= 15 is 0 Å². The number of amides is 1. The Labute approximate surface area is 146 Å². The fraction of sp³-hybridized carbons (Fsp3) is 0.444. The third-order valence-electron chi connectivity index (χ3n) is 4.93. The maximum absolute atomic E-state index is 12.1. The quantitative estimate of drug-likeness (QED) is 0.829. The van der Waals surface area contributed by atoms with Crippen molar-refractivity contribution in [3.8, 4) is 0 Å². The standard InChI is InChI=1S/C18H21N3O4/c1-23-17(24-2)15-12(10-21-5-3-4-6-25-18(21)22)9-14-11-7-13(8-11)19-16(14)20-15/h3-6,9,11,13,17H,7-8,10H2,1-2H3,(H,19,20). The second-order valence-electron chi connectivity index (χ2n) is 6.47. The van der Waals surface area contributed by atoms with Crippen molar-refractivity contribution >= 4 is 11.9 Å². The summed E-state index contributed by atoms with van der Waals surface area (Å²) in [6.45, 7) is 0.339. The van der Waals surface area contributed by atoms with E-state index < -0.39 is 12.4 Å². The smallest absolute Gasteiger partial charge is 0.418 e. The molecule has 7 nitrogen and oxygen atoms in total. The fourth-order valence-electron chi connectivity index (χ4n) is 3.57. The molecule has 0 spiro atoms. The molecule has 4 aliphatic rings. The van der Waals surface area contributed by atoms with Crippen molar-refractivity contribution in [1.82, 2.24) is 9.88 Å². The average Bonchev–Trinajstić information content (AvgIpc) is 2.79. The van der Waals surface area contributed by atoms with Gasteiger partial charge in [-0.2, -0.15) is 0 Å². The highest BCUT2D eigenvalue weighted by Gasteiger charge is 2.39. The predicted octanol–water partition coefficient (Wildman–Crippen LogP) is 3.02. The molecule has 7 heteroatoms. The predicted molar refractivity (Wildman–Crippen MR) is 90.7 cm³/mol. The number of rotatable bonds is 5. The molecule has 1 fully saturated rings. The van der Waals surface area contributed by atoms with Gasteiger partial charge in [-0.1, -0.05) is 0 Å². The van der Waals surface area contributed by atoms with Gasteiger partial charge < -0.3 is 19.5 Å². The molecule has 5 rings (SSSR count). The van der Waals surface area contributed by atoms with Crippen LogP contribution in [0.4, 0.5) is 10.6 Å². The number of nitrogens with zero attached hydrogens (tertiary/aromatic N) is 2. The summed E-state index contributed by atoms with van der Waals surface area (Å²) in [6, 6.07) is 2.64. The van der Waals surface area contributed by atoms with Crippen LogP contribution < -0.4 is 5.32 Å². The van der Waals surface area contributed by atoms with Crippen molar-refractivity contribution in [2.24, 2.45) is 0 Å². The molecule has 1 amide bonds. The van der Waals surface area contributed by atoms with E-state index in [1.807, 2.05) is 0 Å². The summed E-state index contributed by atoms with van der Waals surface area (Å²) < 4.78 is 15.9. The SMILES string of the molecule is COC(OC)c1nc2c(cc1CN1C=CC=COC1=O)C1CC(C1)N2. The van der Waals surface area contributed by atoms with E-state index in [0.717, 1.165) is 24.2 Å². The summed E-state index contributed by atoms with van der Waals surface area (Å²) >= 11 is 0. The molecule has 132 valence electrons. The number of ether oxygens (including phenoxy) is 3. The van der Waals surface area contributed by atoms with Gasteiger partial charge in [0, 0.05) is 26.5 Å². The highest BCUT2D eigenvalue weighted by molar-refractivity contribution is 5.70. The zero-order valence-corrected chi connectivity index (χ0v) is 14.3. The number of cyclic esters (lactones) is 1. The van der Waals surface area contributed by atoms with Gasteiger partial charge in [-0.15, -0.1) is 0 Å². The third-order valence-corrected chi connectivity index (χ3v) is 4.93. The first-order valence-corrected chi connectivity index (χ1v) is 8.36. The van der Waals surface area contributed by atoms with Crippen molar-refractivity contribution < 1.29 is 19.0 Å². The zero-order valence-electron chi connectivity index (χ0n) is 14.3. The van der Waals surface area contributed by atoms with Gasteiger partial charge in [0.1, 0.15) is 11.5 Å². The molecule has 0 aromatic carbocycles. The van der Waals surface area contributed by atoms with Crippen LogP contribution in [0, 0.1) is 0 Å². The van der Waals surface area contributed by atoms with Crippen LogP contribution in [-0.4, -0.2) is 36.2 Å². The Morgan fingerprint density at radius 3 is 2.92 bits per heavy atom.